The van der Waals surface area contributed by atoms with E-state index in [9.17, 15) is 37.8 Å². The molecule has 2 saturated heterocycles. The van der Waals surface area contributed by atoms with Crippen LogP contribution >= 0.6 is 0 Å². The van der Waals surface area contributed by atoms with E-state index in [4.69, 9.17) is 18.6 Å². The van der Waals surface area contributed by atoms with Crippen LogP contribution in [0.5, 0.6) is 11.5 Å². The van der Waals surface area contributed by atoms with Gasteiger partial charge in [-0.25, -0.2) is 0 Å². The second-order valence-corrected chi connectivity index (χ2v) is 20.3. The van der Waals surface area contributed by atoms with Gasteiger partial charge in [0.05, 0.1) is 24.7 Å². The first kappa shape index (κ1) is 54.6. The number of rotatable bonds is 16. The van der Waals surface area contributed by atoms with Gasteiger partial charge in [0.25, 0.3) is 0 Å². The number of nitrogens with zero attached hydrogens (tertiary/aromatic N) is 5. The van der Waals surface area contributed by atoms with Crippen LogP contribution in [0.2, 0.25) is 0 Å². The number of aryl methyl sites for hydroxylation is 1. The summed E-state index contributed by atoms with van der Waals surface area (Å²) >= 11 is 0. The van der Waals surface area contributed by atoms with E-state index in [0.717, 1.165) is 28.0 Å². The highest BCUT2D eigenvalue weighted by Crippen LogP contribution is 2.47. The molecule has 3 aromatic carbocycles. The number of aliphatic hydroxyl groups is 2. The maximum absolute atomic E-state index is 13.9. The van der Waals surface area contributed by atoms with Gasteiger partial charge in [-0.05, 0) is 92.8 Å². The largest absolute Gasteiger partial charge is 0.490 e. The normalized spacial score (nSPS) is 21.6. The van der Waals surface area contributed by atoms with Gasteiger partial charge in [-0.15, -0.1) is 0 Å². The number of hydrogen-bond donors (Lipinski definition) is 4. The zero-order chi connectivity index (χ0) is 54.1. The van der Waals surface area contributed by atoms with Gasteiger partial charge in [0.1, 0.15) is 66.8 Å². The molecule has 77 heavy (non-hydrogen) atoms. The Labute approximate surface area is 445 Å². The number of piperazine rings is 1. The molecule has 406 valence electrons. The number of carbonyl (C=O) groups is 3. The molecule has 0 unspecified atom stereocenters. The topological polar surface area (TPSA) is 192 Å². The summed E-state index contributed by atoms with van der Waals surface area (Å²) in [4.78, 5) is 53.8. The number of aromatic nitrogens is 2. The van der Waals surface area contributed by atoms with Gasteiger partial charge in [0.2, 0.25) is 17.7 Å². The van der Waals surface area contributed by atoms with Crippen molar-refractivity contribution in [1.82, 2.24) is 35.3 Å². The number of furan rings is 1. The molecular formula is C58H64F3N7O9. The summed E-state index contributed by atoms with van der Waals surface area (Å²) in [5.74, 6) is 0.869. The minimum absolute atomic E-state index is 0.00249. The fourth-order valence-corrected chi connectivity index (χ4v) is 10.6. The van der Waals surface area contributed by atoms with Gasteiger partial charge in [0.15, 0.2) is 0 Å². The van der Waals surface area contributed by atoms with Crippen molar-refractivity contribution in [2.75, 3.05) is 45.9 Å². The molecule has 0 saturated carbocycles. The zero-order valence-electron chi connectivity index (χ0n) is 42.9. The van der Waals surface area contributed by atoms with E-state index in [1.165, 1.54) is 0 Å². The van der Waals surface area contributed by atoms with E-state index in [0.29, 0.717) is 55.4 Å². The molecule has 7 atom stereocenters. The van der Waals surface area contributed by atoms with Gasteiger partial charge in [0, 0.05) is 80.0 Å². The summed E-state index contributed by atoms with van der Waals surface area (Å²) in [6.45, 7) is 4.01. The summed E-state index contributed by atoms with van der Waals surface area (Å²) < 4.78 is 63.0. The average Bonchev–Trinajstić information content (AvgIpc) is 4.14. The number of alkyl halides is 3. The lowest BCUT2D eigenvalue weighted by Gasteiger charge is -2.41. The Balaban J connectivity index is 0.000000240. The van der Waals surface area contributed by atoms with Crippen molar-refractivity contribution >= 4 is 17.7 Å². The Kier molecular flexibility index (Phi) is 17.3. The first-order chi connectivity index (χ1) is 37.1. The molecule has 0 radical (unpaired) electrons. The smallest absolute Gasteiger partial charge is 0.405 e. The van der Waals surface area contributed by atoms with Crippen LogP contribution in [-0.2, 0) is 38.5 Å². The Morgan fingerprint density at radius 2 is 1.45 bits per heavy atom. The van der Waals surface area contributed by atoms with Crippen LogP contribution in [0.4, 0.5) is 13.2 Å². The third kappa shape index (κ3) is 13.9. The maximum atomic E-state index is 13.9. The highest BCUT2D eigenvalue weighted by atomic mass is 19.4. The summed E-state index contributed by atoms with van der Waals surface area (Å²) in [7, 11) is 0. The molecule has 3 aromatic heterocycles. The van der Waals surface area contributed by atoms with Crippen molar-refractivity contribution in [3.8, 4) is 22.8 Å². The Hall–Kier alpha value is -7.16. The van der Waals surface area contributed by atoms with Crippen LogP contribution in [0.15, 0.2) is 144 Å². The predicted octanol–water partition coefficient (Wildman–Crippen LogP) is 6.84. The lowest BCUT2D eigenvalue weighted by molar-refractivity contribution is -0.147. The summed E-state index contributed by atoms with van der Waals surface area (Å²) in [5, 5.41) is 27.2. The number of nitrogens with one attached hydrogen (secondary N) is 2. The number of ether oxygens (including phenoxy) is 3. The molecule has 19 heteroatoms. The summed E-state index contributed by atoms with van der Waals surface area (Å²) in [6, 6.07) is 33.9. The summed E-state index contributed by atoms with van der Waals surface area (Å²) in [5.41, 5.74) is 3.84. The van der Waals surface area contributed by atoms with Crippen LogP contribution in [0.1, 0.15) is 66.8 Å². The third-order valence-corrected chi connectivity index (χ3v) is 14.3. The van der Waals surface area contributed by atoms with Crippen molar-refractivity contribution in [3.63, 3.8) is 0 Å². The zero-order valence-corrected chi connectivity index (χ0v) is 42.9. The van der Waals surface area contributed by atoms with Gasteiger partial charge in [-0.3, -0.25) is 34.2 Å². The third-order valence-electron chi connectivity index (χ3n) is 14.3. The lowest BCUT2D eigenvalue weighted by atomic mass is 9.91. The van der Waals surface area contributed by atoms with Gasteiger partial charge in [-0.1, -0.05) is 66.7 Å². The quantitative estimate of drug-likeness (QED) is 0.0789. The minimum Gasteiger partial charge on any atom is -0.490 e. The highest BCUT2D eigenvalue weighted by molar-refractivity contribution is 5.82. The molecule has 2 fully saturated rings. The second kappa shape index (κ2) is 24.4. The molecule has 4 aliphatic rings. The number of pyridine rings is 2. The van der Waals surface area contributed by atoms with E-state index >= 15 is 0 Å². The first-order valence-electron chi connectivity index (χ1n) is 25.9. The van der Waals surface area contributed by atoms with Crippen LogP contribution in [-0.4, -0.2) is 135 Å². The van der Waals surface area contributed by atoms with Gasteiger partial charge >= 0.3 is 6.18 Å². The molecule has 7 heterocycles. The number of hydrogen-bond acceptors (Lipinski definition) is 13. The van der Waals surface area contributed by atoms with Crippen LogP contribution in [0.25, 0.3) is 11.3 Å². The number of benzene rings is 3. The molecule has 4 N–H and O–H groups in total. The van der Waals surface area contributed by atoms with Crippen molar-refractivity contribution < 1.29 is 56.4 Å². The molecule has 10 rings (SSSR count). The number of β-amino-alcohol motifs (C(OH)–C–C–N with tert-alkyl or cyclic N) is 1. The molecule has 3 amide bonds. The fraction of sp³-hybridized carbons (Fsp3) is 0.397. The van der Waals surface area contributed by atoms with Crippen molar-refractivity contribution in [2.24, 2.45) is 5.92 Å². The molecule has 16 nitrogen and oxygen atoms in total. The predicted molar refractivity (Wildman–Crippen MR) is 278 cm³/mol. The molecular weight excluding hydrogens is 996 g/mol. The molecule has 6 aromatic rings. The number of carbonyl (C=O) groups excluding carboxylic acids is 3. The second-order valence-electron chi connectivity index (χ2n) is 20.3. The summed E-state index contributed by atoms with van der Waals surface area (Å²) in [6.07, 6.45) is 1.27. The number of para-hydroxylation sites is 2. The van der Waals surface area contributed by atoms with Crippen molar-refractivity contribution in [2.45, 2.75) is 94.4 Å². The van der Waals surface area contributed by atoms with Crippen LogP contribution in [0.3, 0.4) is 0 Å². The Morgan fingerprint density at radius 1 is 0.805 bits per heavy atom. The number of fused-ring (bicyclic) bond motifs is 4. The van der Waals surface area contributed by atoms with Crippen molar-refractivity contribution in [1.29, 1.82) is 0 Å². The van der Waals surface area contributed by atoms with E-state index in [1.807, 2.05) is 108 Å². The number of aliphatic hydroxyl groups excluding tert-OH is 2. The van der Waals surface area contributed by atoms with E-state index in [1.54, 1.807) is 66.1 Å². The molecule has 4 aliphatic heterocycles. The Morgan fingerprint density at radius 3 is 2.17 bits per heavy atom. The monoisotopic (exact) mass is 1060 g/mol. The highest BCUT2D eigenvalue weighted by Gasteiger charge is 2.52. The van der Waals surface area contributed by atoms with Crippen molar-refractivity contribution in [3.05, 3.63) is 168 Å². The average molecular weight is 1060 g/mol. The number of halogens is 3. The Bertz CT molecular complexity index is 2910. The van der Waals surface area contributed by atoms with Crippen LogP contribution < -0.4 is 20.1 Å². The van der Waals surface area contributed by atoms with Gasteiger partial charge in [-0.2, -0.15) is 13.2 Å². The lowest BCUT2D eigenvalue weighted by Crippen LogP contribution is -2.60. The minimum atomic E-state index is -4.59. The fourth-order valence-electron chi connectivity index (χ4n) is 10.6. The SMILES string of the molecule is CC1(C)O[C@@H]2COc3ccccc3[C@@H]2N1C(=O)CCc1ccncc1.O=C(N[C@H]1c2ccccc2OC[C@H]1O)[C@H](Cc1ccncc1)C[C@H](O)CN1CCN(Cc2ccc(-c3ccccc3)o2)C[C@H]1C(=O)NCC(F)(F)F. The van der Waals surface area contributed by atoms with E-state index in [2.05, 4.69) is 15.3 Å². The van der Waals surface area contributed by atoms with Gasteiger partial charge < -0.3 is 44.4 Å². The molecule has 0 bridgehead atoms. The standard InChI is InChI=1S/C38H42F3N5O6.C20H22N2O3/c39-38(40,41)24-43-37(50)31-22-45(21-29-10-11-33(52-29)26-6-2-1-3-7-26)16-17-46(31)20-28(47)19-27(18-25-12-14-42-15-13-25)36(49)44-35-30-8-4-5-9-34(30)51-23-32(35)48;1-20(2)22(18(23)8-7-14-9-11-21-12-10-14)19-15-5-3-4-6-16(15)24-13-17(19)25-20/h1-15,27-28,31-32,35,47-48H,16-24H2,(H,43,50)(H,44,49);3-6,9-12,17,19H,7-8,13H2,1-2H3/t27-,28+,31+,32-,35+;17-,19+/m11/s1. The molecule has 0 aliphatic carbocycles. The van der Waals surface area contributed by atoms with E-state index < -0.39 is 60.5 Å². The number of amides is 3. The molecule has 0 spiro atoms. The van der Waals surface area contributed by atoms with E-state index in [-0.39, 0.29) is 57.1 Å². The first-order valence-corrected chi connectivity index (χ1v) is 25.9. The maximum Gasteiger partial charge on any atom is 0.405 e. The van der Waals surface area contributed by atoms with Crippen LogP contribution in [0, 0.1) is 5.92 Å².